The number of hydrogen-bond acceptors (Lipinski definition) is 4. The summed E-state index contributed by atoms with van der Waals surface area (Å²) >= 11 is 6.40. The van der Waals surface area contributed by atoms with E-state index in [9.17, 15) is 27.6 Å². The number of nitrogens with zero attached hydrogens (tertiary/aromatic N) is 2. The fourth-order valence-corrected chi connectivity index (χ4v) is 4.00. The lowest BCUT2D eigenvalue weighted by atomic mass is 10.0. The average Bonchev–Trinajstić information content (AvgIpc) is 3.59. The van der Waals surface area contributed by atoms with Gasteiger partial charge in [-0.2, -0.15) is 13.2 Å². The molecule has 1 atom stereocenters. The van der Waals surface area contributed by atoms with Crippen molar-refractivity contribution >= 4 is 29.3 Å². The second-order valence-corrected chi connectivity index (χ2v) is 8.81. The summed E-state index contributed by atoms with van der Waals surface area (Å²) in [5, 5.41) is 5.64. The Balaban J connectivity index is 1.68. The Morgan fingerprint density at radius 3 is 2.31 bits per heavy atom. The molecule has 3 rings (SSSR count). The van der Waals surface area contributed by atoms with Crippen molar-refractivity contribution in [2.24, 2.45) is 0 Å². The predicted octanol–water partition coefficient (Wildman–Crippen LogP) is 4.38. The van der Waals surface area contributed by atoms with Crippen LogP contribution in [0, 0.1) is 0 Å². The van der Waals surface area contributed by atoms with E-state index in [1.165, 1.54) is 0 Å². The van der Waals surface area contributed by atoms with Crippen LogP contribution in [0.5, 0.6) is 0 Å². The Kier molecular flexibility index (Phi) is 7.74. The molecule has 35 heavy (non-hydrogen) atoms. The molecule has 1 heterocycles. The Hall–Kier alpha value is -3.14. The number of halogens is 4. The van der Waals surface area contributed by atoms with Gasteiger partial charge in [-0.25, -0.2) is 0 Å². The molecule has 1 fully saturated rings. The van der Waals surface area contributed by atoms with Gasteiger partial charge in [0.15, 0.2) is 0 Å². The first-order valence-electron chi connectivity index (χ1n) is 11.2. The van der Waals surface area contributed by atoms with Crippen LogP contribution in [0.3, 0.4) is 0 Å². The topological polar surface area (TPSA) is 91.4 Å². The summed E-state index contributed by atoms with van der Waals surface area (Å²) in [5.41, 5.74) is -1.54. The molecular weight excluding hydrogens is 485 g/mol. The summed E-state index contributed by atoms with van der Waals surface area (Å²) in [5.74, 6) is -1.44. The maximum absolute atomic E-state index is 12.9. The van der Waals surface area contributed by atoms with Crippen molar-refractivity contribution in [1.29, 1.82) is 0 Å². The van der Waals surface area contributed by atoms with Crippen molar-refractivity contribution in [2.75, 3.05) is 13.1 Å². The molecule has 0 aliphatic heterocycles. The quantitative estimate of drug-likeness (QED) is 0.551. The predicted molar refractivity (Wildman–Crippen MR) is 124 cm³/mol. The highest BCUT2D eigenvalue weighted by Crippen LogP contribution is 2.37. The standard InChI is InChI=1S/C24H26ClF3N4O3/c1-4-32(5-2)21(34)15-6-7-18(19(25)11-15)14(3)30-22(35)23(8-9-23)31-20(33)16-10-17(13-29-12-16)24(26,27)28/h6-7,10-14H,4-5,8-9H2,1-3H3,(H,30,35)(H,31,33)/t14-/m0/s1. The van der Waals surface area contributed by atoms with Crippen molar-refractivity contribution in [3.05, 3.63) is 63.9 Å². The summed E-state index contributed by atoms with van der Waals surface area (Å²) < 4.78 is 38.8. The number of rotatable bonds is 8. The van der Waals surface area contributed by atoms with Crippen LogP contribution in [0.1, 0.15) is 71.5 Å². The number of benzene rings is 1. The van der Waals surface area contributed by atoms with Crippen molar-refractivity contribution in [1.82, 2.24) is 20.5 Å². The molecule has 11 heteroatoms. The maximum Gasteiger partial charge on any atom is 0.417 e. The summed E-state index contributed by atoms with van der Waals surface area (Å²) in [6.07, 6.45) is -2.31. The second kappa shape index (κ2) is 10.2. The highest BCUT2D eigenvalue weighted by molar-refractivity contribution is 6.31. The molecule has 1 aromatic carbocycles. The van der Waals surface area contributed by atoms with Gasteiger partial charge in [-0.3, -0.25) is 19.4 Å². The molecule has 3 amide bonds. The maximum atomic E-state index is 12.9. The van der Waals surface area contributed by atoms with Crippen LogP contribution in [-0.2, 0) is 11.0 Å². The van der Waals surface area contributed by atoms with Crippen molar-refractivity contribution < 1.29 is 27.6 Å². The van der Waals surface area contributed by atoms with Gasteiger partial charge in [0.05, 0.1) is 17.2 Å². The van der Waals surface area contributed by atoms with Crippen LogP contribution in [0.25, 0.3) is 0 Å². The van der Waals surface area contributed by atoms with E-state index in [0.29, 0.717) is 54.3 Å². The Bertz CT molecular complexity index is 1130. The van der Waals surface area contributed by atoms with Crippen LogP contribution in [-0.4, -0.2) is 46.2 Å². The van der Waals surface area contributed by atoms with Gasteiger partial charge in [-0.05, 0) is 57.4 Å². The zero-order valence-electron chi connectivity index (χ0n) is 19.5. The number of hydrogen-bond donors (Lipinski definition) is 2. The summed E-state index contributed by atoms with van der Waals surface area (Å²) in [6, 6.07) is 5.00. The van der Waals surface area contributed by atoms with E-state index in [-0.39, 0.29) is 11.5 Å². The van der Waals surface area contributed by atoms with Crippen molar-refractivity contribution in [3.8, 4) is 0 Å². The average molecular weight is 511 g/mol. The summed E-state index contributed by atoms with van der Waals surface area (Å²) in [6.45, 7) is 6.59. The van der Waals surface area contributed by atoms with Crippen LogP contribution >= 0.6 is 11.6 Å². The van der Waals surface area contributed by atoms with E-state index in [4.69, 9.17) is 11.6 Å². The third kappa shape index (κ3) is 5.93. The van der Waals surface area contributed by atoms with E-state index in [2.05, 4.69) is 15.6 Å². The number of carbonyl (C=O) groups excluding carboxylic acids is 3. The first-order chi connectivity index (χ1) is 16.4. The van der Waals surface area contributed by atoms with Gasteiger partial charge >= 0.3 is 6.18 Å². The molecule has 0 spiro atoms. The van der Waals surface area contributed by atoms with Gasteiger partial charge in [-0.15, -0.1) is 0 Å². The Morgan fingerprint density at radius 1 is 1.11 bits per heavy atom. The zero-order valence-corrected chi connectivity index (χ0v) is 20.3. The second-order valence-electron chi connectivity index (χ2n) is 8.41. The van der Waals surface area contributed by atoms with E-state index < -0.39 is 35.1 Å². The van der Waals surface area contributed by atoms with Crippen LogP contribution in [0.4, 0.5) is 13.2 Å². The van der Waals surface area contributed by atoms with Crippen LogP contribution in [0.15, 0.2) is 36.7 Å². The van der Waals surface area contributed by atoms with Crippen molar-refractivity contribution in [3.63, 3.8) is 0 Å². The molecule has 1 aromatic heterocycles. The minimum atomic E-state index is -4.64. The van der Waals surface area contributed by atoms with Crippen LogP contribution < -0.4 is 10.6 Å². The number of amides is 3. The lowest BCUT2D eigenvalue weighted by Gasteiger charge is -2.23. The molecule has 7 nitrogen and oxygen atoms in total. The minimum Gasteiger partial charge on any atom is -0.347 e. The van der Waals surface area contributed by atoms with Gasteiger partial charge in [0.25, 0.3) is 11.8 Å². The minimum absolute atomic E-state index is 0.149. The molecule has 2 aromatic rings. The van der Waals surface area contributed by atoms with Gasteiger partial charge < -0.3 is 15.5 Å². The molecule has 0 radical (unpaired) electrons. The van der Waals surface area contributed by atoms with E-state index in [0.717, 1.165) is 6.20 Å². The lowest BCUT2D eigenvalue weighted by molar-refractivity contribution is -0.137. The highest BCUT2D eigenvalue weighted by atomic mass is 35.5. The summed E-state index contributed by atoms with van der Waals surface area (Å²) in [7, 11) is 0. The number of aromatic nitrogens is 1. The largest absolute Gasteiger partial charge is 0.417 e. The number of nitrogens with one attached hydrogen (secondary N) is 2. The molecule has 188 valence electrons. The third-order valence-corrected chi connectivity index (χ3v) is 6.30. The molecule has 0 unspecified atom stereocenters. The molecule has 1 aliphatic rings. The normalized spacial score (nSPS) is 15.2. The Morgan fingerprint density at radius 2 is 1.77 bits per heavy atom. The van der Waals surface area contributed by atoms with Gasteiger partial charge in [0.2, 0.25) is 5.91 Å². The summed E-state index contributed by atoms with van der Waals surface area (Å²) in [4.78, 5) is 43.2. The smallest absolute Gasteiger partial charge is 0.347 e. The third-order valence-electron chi connectivity index (χ3n) is 5.98. The molecule has 0 saturated heterocycles. The molecule has 1 aliphatic carbocycles. The van der Waals surface area contributed by atoms with E-state index in [1.807, 2.05) is 13.8 Å². The van der Waals surface area contributed by atoms with Gasteiger partial charge in [0.1, 0.15) is 5.54 Å². The van der Waals surface area contributed by atoms with Gasteiger partial charge in [0, 0.05) is 36.1 Å². The SMILES string of the molecule is CCN(CC)C(=O)c1ccc([C@H](C)NC(=O)C2(NC(=O)c3cncc(C(F)(F)F)c3)CC2)c(Cl)c1. The van der Waals surface area contributed by atoms with Crippen molar-refractivity contribution in [2.45, 2.75) is 51.4 Å². The van der Waals surface area contributed by atoms with Gasteiger partial charge in [-0.1, -0.05) is 17.7 Å². The zero-order chi connectivity index (χ0) is 26.0. The monoisotopic (exact) mass is 510 g/mol. The first-order valence-corrected chi connectivity index (χ1v) is 11.5. The van der Waals surface area contributed by atoms with E-state index in [1.54, 1.807) is 30.0 Å². The Labute approximate surface area is 206 Å². The number of pyridine rings is 1. The fourth-order valence-electron chi connectivity index (χ4n) is 3.66. The molecule has 1 saturated carbocycles. The van der Waals surface area contributed by atoms with E-state index >= 15 is 0 Å². The highest BCUT2D eigenvalue weighted by Gasteiger charge is 2.51. The molecular formula is C24H26ClF3N4O3. The fraction of sp³-hybridized carbons (Fsp3) is 0.417. The molecule has 0 bridgehead atoms. The number of carbonyl (C=O) groups is 3. The molecule has 2 N–H and O–H groups in total. The van der Waals surface area contributed by atoms with Crippen LogP contribution in [0.2, 0.25) is 5.02 Å². The number of alkyl halides is 3. The first kappa shape index (κ1) is 26.5. The lowest BCUT2D eigenvalue weighted by Crippen LogP contribution is -2.49.